The zero-order valence-electron chi connectivity index (χ0n) is 55.1. The average Bonchev–Trinajstić information content (AvgIpc) is 0.750. The molecule has 21 rings (SSSR count). The Kier molecular flexibility index (Phi) is 12.8. The molecule has 0 bridgehead atoms. The van der Waals surface area contributed by atoms with Crippen molar-refractivity contribution in [1.82, 2.24) is 4.57 Å². The summed E-state index contributed by atoms with van der Waals surface area (Å²) in [5.74, 6) is 0. The van der Waals surface area contributed by atoms with E-state index in [1.54, 1.807) is 0 Å². The maximum atomic E-state index is 2.63. The van der Waals surface area contributed by atoms with Gasteiger partial charge in [0, 0.05) is 62.0 Å². The van der Waals surface area contributed by atoms with E-state index < -0.39 is 0 Å². The molecule has 0 saturated heterocycles. The number of aromatic nitrogens is 1. The van der Waals surface area contributed by atoms with E-state index in [1.807, 2.05) is 0 Å². The maximum absolute atomic E-state index is 2.63. The molecule has 0 aliphatic carbocycles. The topological polar surface area (TPSA) is 14.7 Å². The molecule has 0 amide bonds. The Morgan fingerprint density at radius 3 is 0.990 bits per heavy atom. The van der Waals surface area contributed by atoms with Crippen LogP contribution >= 0.6 is 0 Å². The maximum Gasteiger partial charge on any atom is 0.252 e. The summed E-state index contributed by atoms with van der Waals surface area (Å²) in [6.07, 6.45) is 0. The third-order valence-electron chi connectivity index (χ3n) is 21.7. The van der Waals surface area contributed by atoms with Gasteiger partial charge in [-0.3, -0.25) is 0 Å². The quantitative estimate of drug-likeness (QED) is 0.106. The van der Waals surface area contributed by atoms with Crippen molar-refractivity contribution < 1.29 is 0 Å². The predicted octanol–water partition coefficient (Wildman–Crippen LogP) is 24.3. The number of benzene rings is 18. The van der Waals surface area contributed by atoms with E-state index in [1.165, 1.54) is 125 Å². The van der Waals surface area contributed by atoms with Gasteiger partial charge in [-0.1, -0.05) is 279 Å². The molecule has 0 spiro atoms. The smallest absolute Gasteiger partial charge is 0.252 e. The summed E-state index contributed by atoms with van der Waals surface area (Å²) in [6.45, 7) is -0.221. The van der Waals surface area contributed by atoms with Crippen molar-refractivity contribution in [2.75, 3.05) is 14.7 Å². The lowest BCUT2D eigenvalue weighted by molar-refractivity contribution is 1.17. The van der Waals surface area contributed by atoms with Crippen molar-refractivity contribution in [2.45, 2.75) is 0 Å². The van der Waals surface area contributed by atoms with Crippen LogP contribution in [-0.2, 0) is 0 Å². The van der Waals surface area contributed by atoms with E-state index in [0.717, 1.165) is 68.0 Å². The van der Waals surface area contributed by atoms with Crippen molar-refractivity contribution in [2.24, 2.45) is 0 Å². The van der Waals surface area contributed by atoms with Gasteiger partial charge < -0.3 is 19.3 Å². The highest BCUT2D eigenvalue weighted by Gasteiger charge is 2.45. The summed E-state index contributed by atoms with van der Waals surface area (Å²) in [6, 6.07) is 139. The molecule has 0 radical (unpaired) electrons. The lowest BCUT2D eigenvalue weighted by atomic mass is 9.33. The van der Waals surface area contributed by atoms with Crippen LogP contribution in [-0.4, -0.2) is 11.3 Å². The Bertz CT molecular complexity index is 6380. The minimum absolute atomic E-state index is 0.221. The highest BCUT2D eigenvalue weighted by atomic mass is 15.2. The van der Waals surface area contributed by atoms with Crippen LogP contribution in [0.5, 0.6) is 0 Å². The molecule has 0 N–H and O–H groups in total. The summed E-state index contributed by atoms with van der Waals surface area (Å²) >= 11 is 0. The molecule has 1 aromatic heterocycles. The van der Waals surface area contributed by atoms with Gasteiger partial charge in [0.2, 0.25) is 0 Å². The molecule has 2 aliphatic heterocycles. The Morgan fingerprint density at radius 1 is 0.198 bits per heavy atom. The summed E-state index contributed by atoms with van der Waals surface area (Å²) in [5, 5.41) is 17.3. The van der Waals surface area contributed by atoms with Gasteiger partial charge in [0.05, 0.1) is 16.7 Å². The Balaban J connectivity index is 0.901. The molecule has 468 valence electrons. The summed E-state index contributed by atoms with van der Waals surface area (Å²) in [7, 11) is 0. The van der Waals surface area contributed by atoms with Crippen LogP contribution in [0.1, 0.15) is 0 Å². The highest BCUT2D eigenvalue weighted by Crippen LogP contribution is 2.52. The number of nitrogens with zero attached hydrogens (tertiary/aromatic N) is 4. The largest absolute Gasteiger partial charge is 0.311 e. The van der Waals surface area contributed by atoms with Crippen LogP contribution in [0.15, 0.2) is 370 Å². The zero-order chi connectivity index (χ0) is 66.2. The van der Waals surface area contributed by atoms with Crippen LogP contribution in [0, 0.1) is 0 Å². The lowest BCUT2D eigenvalue weighted by Crippen LogP contribution is -2.61. The molecule has 101 heavy (non-hydrogen) atoms. The Labute approximate surface area is 585 Å². The molecule has 19 aromatic rings. The standard InChI is InChI=1S/C96H61BN4/c1-4-22-62(23-5-1)65-40-45-68(46-41-65)98(69-47-42-66(43-48-69)63-24-6-2-7-25-63)73-60-94-96-95(61-73)101(71-50-53-83-79-33-13-11-29-75(79)77-31-15-17-35-81(77)87(83)58-71)93-59-72(99-90-38-20-18-36-84(90)85-37-19-21-39-91(85)99)51-54-88(93)97(96)89-56-67(64-26-8-3-9-27-64)44-55-92(89)100(94)70-49-52-82-78-32-12-10-28-74(78)76-30-14-16-34-80(76)86(82)57-70/h1-61H. The number of para-hydroxylation sites is 2. The van der Waals surface area contributed by atoms with Gasteiger partial charge in [-0.15, -0.1) is 0 Å². The van der Waals surface area contributed by atoms with E-state index in [-0.39, 0.29) is 6.71 Å². The highest BCUT2D eigenvalue weighted by molar-refractivity contribution is 7.00. The molecule has 18 aromatic carbocycles. The molecule has 5 heteroatoms. The zero-order valence-corrected chi connectivity index (χ0v) is 55.1. The van der Waals surface area contributed by atoms with E-state index in [9.17, 15) is 0 Å². The first-order valence-electron chi connectivity index (χ1n) is 35.0. The molecule has 0 fully saturated rings. The van der Waals surface area contributed by atoms with Crippen molar-refractivity contribution in [1.29, 1.82) is 0 Å². The van der Waals surface area contributed by atoms with Gasteiger partial charge in [-0.2, -0.15) is 0 Å². The van der Waals surface area contributed by atoms with E-state index >= 15 is 0 Å². The SMILES string of the molecule is c1ccc(-c2ccc(N(c3ccc(-c4ccccc4)cc3)c3cc4c5c(c3)N(c3ccc6c7ccccc7c7ccccc7c6c3)c3cc(-n6c7ccccc7c7ccccc76)ccc3B5c3cc(-c5ccccc5)ccc3N4c3ccc4c5ccccc5c5ccccc5c4c3)cc2)cc1. The van der Waals surface area contributed by atoms with Gasteiger partial charge >= 0.3 is 0 Å². The second-order valence-electron chi connectivity index (χ2n) is 27.1. The van der Waals surface area contributed by atoms with Gasteiger partial charge in [-0.05, 0) is 205 Å². The van der Waals surface area contributed by atoms with Gasteiger partial charge in [0.15, 0.2) is 0 Å². The first-order valence-corrected chi connectivity index (χ1v) is 35.0. The van der Waals surface area contributed by atoms with Gasteiger partial charge in [0.1, 0.15) is 0 Å². The molecule has 0 atom stereocenters. The molecule has 3 heterocycles. The van der Waals surface area contributed by atoms with Crippen LogP contribution in [0.2, 0.25) is 0 Å². The first-order chi connectivity index (χ1) is 50.1. The molecular weight excluding hydrogens is 1220 g/mol. The van der Waals surface area contributed by atoms with E-state index in [2.05, 4.69) is 389 Å². The van der Waals surface area contributed by atoms with Crippen molar-refractivity contribution in [3.63, 3.8) is 0 Å². The fourth-order valence-corrected chi connectivity index (χ4v) is 17.2. The van der Waals surface area contributed by atoms with Crippen molar-refractivity contribution in [3.05, 3.63) is 370 Å². The second kappa shape index (κ2) is 22.7. The number of rotatable bonds is 9. The van der Waals surface area contributed by atoms with Crippen LogP contribution in [0.25, 0.3) is 126 Å². The van der Waals surface area contributed by atoms with Gasteiger partial charge in [0.25, 0.3) is 6.71 Å². The minimum atomic E-state index is -0.221. The molecule has 2 aliphatic rings. The summed E-state index contributed by atoms with van der Waals surface area (Å²) < 4.78 is 2.48. The first kappa shape index (κ1) is 56.9. The van der Waals surface area contributed by atoms with Crippen LogP contribution in [0.3, 0.4) is 0 Å². The van der Waals surface area contributed by atoms with Gasteiger partial charge in [-0.25, -0.2) is 0 Å². The normalized spacial score (nSPS) is 12.5. The summed E-state index contributed by atoms with van der Waals surface area (Å²) in [4.78, 5) is 7.73. The number of hydrogen-bond acceptors (Lipinski definition) is 3. The second-order valence-corrected chi connectivity index (χ2v) is 27.1. The molecular formula is C96H61BN4. The molecule has 0 unspecified atom stereocenters. The fraction of sp³-hybridized carbons (Fsp3) is 0. The lowest BCUT2D eigenvalue weighted by Gasteiger charge is -2.45. The number of fused-ring (bicyclic) bond motifs is 19. The Hall–Kier alpha value is -13.2. The summed E-state index contributed by atoms with van der Waals surface area (Å²) in [5.41, 5.74) is 23.9. The average molecular weight is 1280 g/mol. The van der Waals surface area contributed by atoms with Crippen molar-refractivity contribution >= 4 is 161 Å². The molecule has 0 saturated carbocycles. The molecule has 4 nitrogen and oxygen atoms in total. The van der Waals surface area contributed by atoms with E-state index in [4.69, 9.17) is 0 Å². The third-order valence-corrected chi connectivity index (χ3v) is 21.7. The predicted molar refractivity (Wildman–Crippen MR) is 431 cm³/mol. The Morgan fingerprint density at radius 2 is 0.545 bits per heavy atom. The van der Waals surface area contributed by atoms with Crippen LogP contribution in [0.4, 0.5) is 51.2 Å². The van der Waals surface area contributed by atoms with Crippen LogP contribution < -0.4 is 31.1 Å². The monoisotopic (exact) mass is 1280 g/mol. The minimum Gasteiger partial charge on any atom is -0.311 e. The van der Waals surface area contributed by atoms with E-state index in [0.29, 0.717) is 0 Å². The fourth-order valence-electron chi connectivity index (χ4n) is 17.2. The number of hydrogen-bond donors (Lipinski definition) is 0. The van der Waals surface area contributed by atoms with Crippen molar-refractivity contribution in [3.8, 4) is 39.1 Å². The third kappa shape index (κ3) is 8.90. The number of anilines is 9.